The van der Waals surface area contributed by atoms with E-state index in [1.807, 2.05) is 6.07 Å². The predicted octanol–water partition coefficient (Wildman–Crippen LogP) is 3.45. The second kappa shape index (κ2) is 6.46. The molecule has 112 valence electrons. The molecule has 1 aromatic heterocycles. The van der Waals surface area contributed by atoms with E-state index in [1.165, 1.54) is 5.56 Å². The molecule has 1 aliphatic rings. The van der Waals surface area contributed by atoms with Crippen LogP contribution in [-0.4, -0.2) is 24.0 Å². The number of rotatable bonds is 4. The zero-order chi connectivity index (χ0) is 14.7. The summed E-state index contributed by atoms with van der Waals surface area (Å²) in [5.74, 6) is 1.68. The van der Waals surface area contributed by atoms with E-state index in [-0.39, 0.29) is 0 Å². The molecule has 0 amide bonds. The molecule has 0 saturated carbocycles. The molecule has 3 heteroatoms. The maximum atomic E-state index is 5.54. The highest BCUT2D eigenvalue weighted by atomic mass is 16.3. The number of hydrogen-bond acceptors (Lipinski definition) is 3. The van der Waals surface area contributed by atoms with Crippen molar-refractivity contribution in [1.29, 1.82) is 0 Å². The number of benzene rings is 1. The molecule has 1 fully saturated rings. The largest absolute Gasteiger partial charge is 0.468 e. The molecule has 2 aromatic rings. The molecular formula is C18H24N2O. The Morgan fingerprint density at radius 1 is 1.19 bits per heavy atom. The van der Waals surface area contributed by atoms with E-state index in [2.05, 4.69) is 60.5 Å². The summed E-state index contributed by atoms with van der Waals surface area (Å²) >= 11 is 0. The van der Waals surface area contributed by atoms with Gasteiger partial charge in [0.15, 0.2) is 0 Å². The summed E-state index contributed by atoms with van der Waals surface area (Å²) in [6, 6.07) is 15.7. The number of hydrogen-bond donors (Lipinski definition) is 1. The summed E-state index contributed by atoms with van der Waals surface area (Å²) in [5, 5.41) is 3.70. The van der Waals surface area contributed by atoms with E-state index >= 15 is 0 Å². The van der Waals surface area contributed by atoms with Gasteiger partial charge in [0.2, 0.25) is 0 Å². The summed E-state index contributed by atoms with van der Waals surface area (Å²) in [6.07, 6.45) is 1.76. The molecule has 21 heavy (non-hydrogen) atoms. The lowest BCUT2D eigenvalue weighted by atomic mass is 9.95. The van der Waals surface area contributed by atoms with E-state index in [9.17, 15) is 0 Å². The first-order valence-corrected chi connectivity index (χ1v) is 7.79. The van der Waals surface area contributed by atoms with Gasteiger partial charge in [-0.3, -0.25) is 4.90 Å². The lowest BCUT2D eigenvalue weighted by Gasteiger charge is -2.42. The molecule has 0 spiro atoms. The number of furan rings is 1. The van der Waals surface area contributed by atoms with E-state index in [4.69, 9.17) is 4.42 Å². The highest BCUT2D eigenvalue weighted by Crippen LogP contribution is 2.24. The first kappa shape index (κ1) is 14.4. The van der Waals surface area contributed by atoms with Crippen LogP contribution in [0, 0.1) is 5.92 Å². The monoisotopic (exact) mass is 284 g/mol. The van der Waals surface area contributed by atoms with E-state index in [0.717, 1.165) is 25.4 Å². The van der Waals surface area contributed by atoms with Crippen molar-refractivity contribution >= 4 is 0 Å². The average molecular weight is 284 g/mol. The minimum atomic E-state index is 0.399. The molecule has 2 atom stereocenters. The second-order valence-corrected chi connectivity index (χ2v) is 6.19. The smallest absolute Gasteiger partial charge is 0.117 e. The summed E-state index contributed by atoms with van der Waals surface area (Å²) in [7, 11) is 0. The van der Waals surface area contributed by atoms with Gasteiger partial charge in [0.25, 0.3) is 0 Å². The van der Waals surface area contributed by atoms with Crippen LogP contribution in [0.3, 0.4) is 0 Å². The highest BCUT2D eigenvalue weighted by molar-refractivity contribution is 5.20. The quantitative estimate of drug-likeness (QED) is 0.932. The predicted molar refractivity (Wildman–Crippen MR) is 84.9 cm³/mol. The Hall–Kier alpha value is -1.58. The summed E-state index contributed by atoms with van der Waals surface area (Å²) in [5.41, 5.74) is 1.36. The third-order valence-corrected chi connectivity index (χ3v) is 4.37. The Bertz CT molecular complexity index is 536. The van der Waals surface area contributed by atoms with Crippen molar-refractivity contribution in [3.63, 3.8) is 0 Å². The van der Waals surface area contributed by atoms with Gasteiger partial charge in [-0.15, -0.1) is 0 Å². The molecule has 1 aliphatic heterocycles. The zero-order valence-electron chi connectivity index (χ0n) is 12.8. The van der Waals surface area contributed by atoms with Crippen LogP contribution in [0.25, 0.3) is 0 Å². The van der Waals surface area contributed by atoms with Crippen LogP contribution in [-0.2, 0) is 6.54 Å². The minimum Gasteiger partial charge on any atom is -0.468 e. The Kier molecular flexibility index (Phi) is 4.42. The van der Waals surface area contributed by atoms with Crippen molar-refractivity contribution in [3.8, 4) is 0 Å². The first-order chi connectivity index (χ1) is 10.2. The fraction of sp³-hybridized carbons (Fsp3) is 0.444. The van der Waals surface area contributed by atoms with Gasteiger partial charge in [-0.05, 0) is 23.6 Å². The maximum absolute atomic E-state index is 5.54. The minimum absolute atomic E-state index is 0.399. The number of nitrogens with one attached hydrogen (secondary N) is 1. The Morgan fingerprint density at radius 2 is 2.00 bits per heavy atom. The molecule has 3 nitrogen and oxygen atoms in total. The van der Waals surface area contributed by atoms with Gasteiger partial charge in [0, 0.05) is 25.2 Å². The topological polar surface area (TPSA) is 28.4 Å². The SMILES string of the molecule is CC(C)C1CNC(c2ccccc2)CN1Cc1ccco1. The normalized spacial score (nSPS) is 23.6. The van der Waals surface area contributed by atoms with Gasteiger partial charge in [0.05, 0.1) is 12.8 Å². The summed E-state index contributed by atoms with van der Waals surface area (Å²) < 4.78 is 5.54. The second-order valence-electron chi connectivity index (χ2n) is 6.19. The van der Waals surface area contributed by atoms with Crippen LogP contribution in [0.2, 0.25) is 0 Å². The fourth-order valence-corrected chi connectivity index (χ4v) is 3.18. The molecule has 1 saturated heterocycles. The van der Waals surface area contributed by atoms with Crippen molar-refractivity contribution in [1.82, 2.24) is 10.2 Å². The van der Waals surface area contributed by atoms with Crippen molar-refractivity contribution in [3.05, 3.63) is 60.1 Å². The maximum Gasteiger partial charge on any atom is 0.117 e. The number of piperazine rings is 1. The van der Waals surface area contributed by atoms with Crippen molar-refractivity contribution in [2.75, 3.05) is 13.1 Å². The Labute approximate surface area is 127 Å². The third kappa shape index (κ3) is 3.36. The van der Waals surface area contributed by atoms with Crippen molar-refractivity contribution < 1.29 is 4.42 Å². The van der Waals surface area contributed by atoms with Gasteiger partial charge in [-0.2, -0.15) is 0 Å². The lowest BCUT2D eigenvalue weighted by Crippen LogP contribution is -2.54. The molecule has 0 bridgehead atoms. The lowest BCUT2D eigenvalue weighted by molar-refractivity contribution is 0.0841. The van der Waals surface area contributed by atoms with Gasteiger partial charge in [-0.1, -0.05) is 44.2 Å². The number of nitrogens with zero attached hydrogens (tertiary/aromatic N) is 1. The van der Waals surface area contributed by atoms with Crippen molar-refractivity contribution in [2.24, 2.45) is 5.92 Å². The fourth-order valence-electron chi connectivity index (χ4n) is 3.18. The van der Waals surface area contributed by atoms with Gasteiger partial charge >= 0.3 is 0 Å². The van der Waals surface area contributed by atoms with Crippen LogP contribution in [0.15, 0.2) is 53.1 Å². The van der Waals surface area contributed by atoms with Crippen LogP contribution in [0.1, 0.15) is 31.2 Å². The molecule has 0 aliphatic carbocycles. The van der Waals surface area contributed by atoms with E-state index in [0.29, 0.717) is 18.0 Å². The molecule has 2 unspecified atom stereocenters. The zero-order valence-corrected chi connectivity index (χ0v) is 12.8. The van der Waals surface area contributed by atoms with Gasteiger partial charge in [0.1, 0.15) is 5.76 Å². The molecule has 0 radical (unpaired) electrons. The van der Waals surface area contributed by atoms with Crippen molar-refractivity contribution in [2.45, 2.75) is 32.5 Å². The Morgan fingerprint density at radius 3 is 2.67 bits per heavy atom. The van der Waals surface area contributed by atoms with Crippen LogP contribution in [0.5, 0.6) is 0 Å². The Balaban J connectivity index is 1.75. The van der Waals surface area contributed by atoms with Crippen LogP contribution < -0.4 is 5.32 Å². The molecule has 2 heterocycles. The van der Waals surface area contributed by atoms with E-state index < -0.39 is 0 Å². The third-order valence-electron chi connectivity index (χ3n) is 4.37. The summed E-state index contributed by atoms with van der Waals surface area (Å²) in [6.45, 7) is 7.53. The molecule has 3 rings (SSSR count). The van der Waals surface area contributed by atoms with Crippen LogP contribution >= 0.6 is 0 Å². The molecule has 1 aromatic carbocycles. The molecule has 1 N–H and O–H groups in total. The average Bonchev–Trinajstić information content (AvgIpc) is 3.01. The molecular weight excluding hydrogens is 260 g/mol. The van der Waals surface area contributed by atoms with Crippen LogP contribution in [0.4, 0.5) is 0 Å². The first-order valence-electron chi connectivity index (χ1n) is 7.79. The van der Waals surface area contributed by atoms with Gasteiger partial charge in [-0.25, -0.2) is 0 Å². The van der Waals surface area contributed by atoms with E-state index in [1.54, 1.807) is 6.26 Å². The highest BCUT2D eigenvalue weighted by Gasteiger charge is 2.30. The summed E-state index contributed by atoms with van der Waals surface area (Å²) in [4.78, 5) is 2.55. The standard InChI is InChI=1S/C18H24N2O/c1-14(2)18-11-19-17(15-7-4-3-5-8-15)13-20(18)12-16-9-6-10-21-16/h3-10,14,17-19H,11-13H2,1-2H3. The van der Waals surface area contributed by atoms with Gasteiger partial charge < -0.3 is 9.73 Å².